The Hall–Kier alpha value is -2.17. The third kappa shape index (κ3) is 2.23. The molecule has 3 rings (SSSR count). The Kier molecular flexibility index (Phi) is 2.81. The van der Waals surface area contributed by atoms with Crippen LogP contribution in [0.2, 0.25) is 0 Å². The molecule has 0 unspecified atom stereocenters. The number of amides is 1. The maximum Gasteiger partial charge on any atom is 0.257 e. The van der Waals surface area contributed by atoms with E-state index in [0.717, 1.165) is 24.2 Å². The summed E-state index contributed by atoms with van der Waals surface area (Å²) in [6.45, 7) is 1.86. The summed E-state index contributed by atoms with van der Waals surface area (Å²) < 4.78 is 1.70. The van der Waals surface area contributed by atoms with Crippen LogP contribution in [0.25, 0.3) is 5.69 Å². The van der Waals surface area contributed by atoms with Crippen molar-refractivity contribution < 1.29 is 4.79 Å². The van der Waals surface area contributed by atoms with Crippen LogP contribution >= 0.6 is 0 Å². The normalized spacial score (nSPS) is 14.4. The number of carbonyl (C=O) groups excluding carboxylic acids is 1. The largest absolute Gasteiger partial charge is 0.339 e. The van der Waals surface area contributed by atoms with Gasteiger partial charge in [0.1, 0.15) is 0 Å². The number of aromatic nitrogens is 3. The Morgan fingerprint density at radius 3 is 2.89 bits per heavy atom. The molecule has 1 amide bonds. The van der Waals surface area contributed by atoms with Gasteiger partial charge in [0, 0.05) is 25.5 Å². The number of hydrogen-bond acceptors (Lipinski definition) is 3. The zero-order valence-corrected chi connectivity index (χ0v) is 11.1. The van der Waals surface area contributed by atoms with Crippen LogP contribution in [0.1, 0.15) is 28.9 Å². The first kappa shape index (κ1) is 11.9. The van der Waals surface area contributed by atoms with Gasteiger partial charge < -0.3 is 4.90 Å². The maximum absolute atomic E-state index is 12.3. The number of rotatable bonds is 3. The van der Waals surface area contributed by atoms with Crippen molar-refractivity contribution in [3.05, 3.63) is 42.0 Å². The van der Waals surface area contributed by atoms with Gasteiger partial charge >= 0.3 is 0 Å². The summed E-state index contributed by atoms with van der Waals surface area (Å²) in [6.07, 6.45) is 7.45. The van der Waals surface area contributed by atoms with Gasteiger partial charge in [-0.15, -0.1) is 0 Å². The van der Waals surface area contributed by atoms with Crippen LogP contribution in [0.5, 0.6) is 0 Å². The fourth-order valence-electron chi connectivity index (χ4n) is 2.11. The van der Waals surface area contributed by atoms with Crippen molar-refractivity contribution in [1.29, 1.82) is 0 Å². The van der Waals surface area contributed by atoms with Crippen LogP contribution in [-0.4, -0.2) is 38.7 Å². The van der Waals surface area contributed by atoms with Crippen LogP contribution < -0.4 is 0 Å². The molecule has 0 N–H and O–H groups in total. The lowest BCUT2D eigenvalue weighted by atomic mass is 10.2. The van der Waals surface area contributed by atoms with Crippen LogP contribution in [0.3, 0.4) is 0 Å². The average Bonchev–Trinajstić information content (AvgIpc) is 3.21. The van der Waals surface area contributed by atoms with Gasteiger partial charge in [-0.05, 0) is 31.9 Å². The smallest absolute Gasteiger partial charge is 0.257 e. The van der Waals surface area contributed by atoms with Gasteiger partial charge in [0.05, 0.1) is 23.1 Å². The van der Waals surface area contributed by atoms with E-state index in [9.17, 15) is 4.79 Å². The number of nitrogens with zero attached hydrogens (tertiary/aromatic N) is 4. The predicted octanol–water partition coefficient (Wildman–Crippen LogP) is 1.81. The molecule has 5 heteroatoms. The minimum atomic E-state index is 0.0511. The predicted molar refractivity (Wildman–Crippen MR) is 71.2 cm³/mol. The Morgan fingerprint density at radius 1 is 1.47 bits per heavy atom. The second kappa shape index (κ2) is 4.50. The third-order valence-corrected chi connectivity index (χ3v) is 3.45. The van der Waals surface area contributed by atoms with Gasteiger partial charge in [-0.3, -0.25) is 9.78 Å². The molecule has 2 aromatic heterocycles. The van der Waals surface area contributed by atoms with Crippen molar-refractivity contribution in [2.45, 2.75) is 25.8 Å². The second-order valence-corrected chi connectivity index (χ2v) is 4.93. The topological polar surface area (TPSA) is 51.0 Å². The molecule has 1 aliphatic rings. The van der Waals surface area contributed by atoms with E-state index >= 15 is 0 Å². The fraction of sp³-hybridized carbons (Fsp3) is 0.357. The highest BCUT2D eigenvalue weighted by molar-refractivity contribution is 5.95. The highest BCUT2D eigenvalue weighted by atomic mass is 16.2. The molecular formula is C14H16N4O. The minimum absolute atomic E-state index is 0.0511. The minimum Gasteiger partial charge on any atom is -0.339 e. The molecule has 2 aromatic rings. The van der Waals surface area contributed by atoms with E-state index in [-0.39, 0.29) is 5.91 Å². The summed E-state index contributed by atoms with van der Waals surface area (Å²) in [6, 6.07) is 4.18. The van der Waals surface area contributed by atoms with Crippen molar-refractivity contribution in [3.8, 4) is 5.69 Å². The molecule has 2 heterocycles. The Morgan fingerprint density at radius 2 is 2.26 bits per heavy atom. The maximum atomic E-state index is 12.3. The Balaban J connectivity index is 1.91. The van der Waals surface area contributed by atoms with Gasteiger partial charge in [0.25, 0.3) is 5.91 Å². The molecule has 0 spiro atoms. The van der Waals surface area contributed by atoms with Crippen molar-refractivity contribution in [3.63, 3.8) is 0 Å². The standard InChI is InChI=1S/C14H16N4O/c1-10-13(14(19)17(2)11-5-6-11)9-18(16-10)12-4-3-7-15-8-12/h3-4,7-9,11H,5-6H2,1-2H3. The van der Waals surface area contributed by atoms with E-state index < -0.39 is 0 Å². The van der Waals surface area contributed by atoms with Gasteiger partial charge in [-0.2, -0.15) is 5.10 Å². The highest BCUT2D eigenvalue weighted by Crippen LogP contribution is 2.27. The van der Waals surface area contributed by atoms with E-state index in [2.05, 4.69) is 10.1 Å². The van der Waals surface area contributed by atoms with Gasteiger partial charge in [0.2, 0.25) is 0 Å². The number of pyridine rings is 1. The third-order valence-electron chi connectivity index (χ3n) is 3.45. The fourth-order valence-corrected chi connectivity index (χ4v) is 2.11. The highest BCUT2D eigenvalue weighted by Gasteiger charge is 2.31. The first-order chi connectivity index (χ1) is 9.16. The Bertz CT molecular complexity index is 601. The lowest BCUT2D eigenvalue weighted by Crippen LogP contribution is -2.28. The van der Waals surface area contributed by atoms with Crippen molar-refractivity contribution >= 4 is 5.91 Å². The van der Waals surface area contributed by atoms with E-state index in [1.54, 1.807) is 23.3 Å². The molecule has 0 aromatic carbocycles. The molecule has 98 valence electrons. The molecule has 0 atom stereocenters. The number of aryl methyl sites for hydroxylation is 1. The summed E-state index contributed by atoms with van der Waals surface area (Å²) in [5.41, 5.74) is 2.28. The monoisotopic (exact) mass is 256 g/mol. The molecular weight excluding hydrogens is 240 g/mol. The SMILES string of the molecule is Cc1nn(-c2cccnc2)cc1C(=O)N(C)C1CC1. The van der Waals surface area contributed by atoms with E-state index in [1.807, 2.05) is 31.0 Å². The Labute approximate surface area is 111 Å². The van der Waals surface area contributed by atoms with Gasteiger partial charge in [0.15, 0.2) is 0 Å². The summed E-state index contributed by atoms with van der Waals surface area (Å²) in [5.74, 6) is 0.0511. The van der Waals surface area contributed by atoms with Gasteiger partial charge in [-0.1, -0.05) is 0 Å². The van der Waals surface area contributed by atoms with Crippen LogP contribution in [0.4, 0.5) is 0 Å². The van der Waals surface area contributed by atoms with E-state index in [0.29, 0.717) is 11.6 Å². The number of hydrogen-bond donors (Lipinski definition) is 0. The summed E-state index contributed by atoms with van der Waals surface area (Å²) in [4.78, 5) is 18.2. The van der Waals surface area contributed by atoms with Crippen molar-refractivity contribution in [2.24, 2.45) is 0 Å². The molecule has 0 bridgehead atoms. The molecule has 5 nitrogen and oxygen atoms in total. The first-order valence-corrected chi connectivity index (χ1v) is 6.40. The molecule has 0 aliphatic heterocycles. The molecule has 0 saturated heterocycles. The number of carbonyl (C=O) groups is 1. The molecule has 0 radical (unpaired) electrons. The first-order valence-electron chi connectivity index (χ1n) is 6.40. The summed E-state index contributed by atoms with van der Waals surface area (Å²) in [7, 11) is 1.86. The summed E-state index contributed by atoms with van der Waals surface area (Å²) >= 11 is 0. The van der Waals surface area contributed by atoms with Crippen molar-refractivity contribution in [2.75, 3.05) is 7.05 Å². The van der Waals surface area contributed by atoms with Crippen LogP contribution in [0.15, 0.2) is 30.7 Å². The van der Waals surface area contributed by atoms with Gasteiger partial charge in [-0.25, -0.2) is 4.68 Å². The van der Waals surface area contributed by atoms with Crippen molar-refractivity contribution in [1.82, 2.24) is 19.7 Å². The quantitative estimate of drug-likeness (QED) is 0.841. The van der Waals surface area contributed by atoms with Crippen LogP contribution in [-0.2, 0) is 0 Å². The lowest BCUT2D eigenvalue weighted by Gasteiger charge is -2.15. The lowest BCUT2D eigenvalue weighted by molar-refractivity contribution is 0.0784. The average molecular weight is 256 g/mol. The summed E-state index contributed by atoms with van der Waals surface area (Å²) in [5, 5.41) is 4.39. The van der Waals surface area contributed by atoms with Crippen LogP contribution in [0, 0.1) is 6.92 Å². The van der Waals surface area contributed by atoms with E-state index in [1.165, 1.54) is 0 Å². The molecule has 1 aliphatic carbocycles. The van der Waals surface area contributed by atoms with E-state index in [4.69, 9.17) is 0 Å². The zero-order valence-electron chi connectivity index (χ0n) is 11.1. The molecule has 1 fully saturated rings. The second-order valence-electron chi connectivity index (χ2n) is 4.93. The molecule has 19 heavy (non-hydrogen) atoms. The molecule has 1 saturated carbocycles. The zero-order chi connectivity index (χ0) is 13.4.